The molecule has 0 amide bonds. The van der Waals surface area contributed by atoms with Crippen molar-refractivity contribution < 1.29 is 9.53 Å². The van der Waals surface area contributed by atoms with Crippen molar-refractivity contribution in [3.63, 3.8) is 0 Å². The van der Waals surface area contributed by atoms with Crippen LogP contribution in [-0.2, 0) is 9.53 Å². The van der Waals surface area contributed by atoms with E-state index in [1.165, 1.54) is 12.8 Å². The molecule has 0 heterocycles. The van der Waals surface area contributed by atoms with Crippen LogP contribution in [0.15, 0.2) is 0 Å². The first kappa shape index (κ1) is 12.9. The summed E-state index contributed by atoms with van der Waals surface area (Å²) in [5.41, 5.74) is 0.108. The molecule has 2 saturated carbocycles. The lowest BCUT2D eigenvalue weighted by atomic mass is 9.70. The highest BCUT2D eigenvalue weighted by Crippen LogP contribution is 2.66. The monoisotopic (exact) mass is 238 g/mol. The van der Waals surface area contributed by atoms with Crippen LogP contribution in [-0.4, -0.2) is 12.1 Å². The van der Waals surface area contributed by atoms with Crippen molar-refractivity contribution in [2.45, 2.75) is 66.9 Å². The maximum atomic E-state index is 12.0. The Bertz CT molecular complexity index is 337. The molecule has 2 aliphatic carbocycles. The normalized spacial score (nSPS) is 39.4. The SMILES string of the molecule is CC(C)(C)C(=O)OC1C[C@H]2CC[C@@]1(C)C2(C)C. The molecule has 0 aromatic carbocycles. The second-order valence-corrected chi connectivity index (χ2v) is 7.75. The number of esters is 1. The van der Waals surface area contributed by atoms with Gasteiger partial charge in [-0.1, -0.05) is 20.8 Å². The van der Waals surface area contributed by atoms with Gasteiger partial charge in [0.05, 0.1) is 5.41 Å². The Balaban J connectivity index is 2.14. The maximum absolute atomic E-state index is 12.0. The molecule has 2 rings (SSSR count). The highest BCUT2D eigenvalue weighted by atomic mass is 16.5. The summed E-state index contributed by atoms with van der Waals surface area (Å²) in [6.45, 7) is 12.8. The standard InChI is InChI=1S/C15H26O2/c1-13(2,3)12(16)17-11-9-10-7-8-15(11,6)14(10,4)5/h10-11H,7-9H2,1-6H3/t10-,11?,15-/m1/s1. The molecule has 0 N–H and O–H groups in total. The lowest BCUT2D eigenvalue weighted by Gasteiger charge is -2.39. The molecule has 2 aliphatic rings. The Morgan fingerprint density at radius 2 is 1.82 bits per heavy atom. The zero-order chi connectivity index (χ0) is 13.1. The van der Waals surface area contributed by atoms with Crippen LogP contribution in [0.4, 0.5) is 0 Å². The van der Waals surface area contributed by atoms with Crippen LogP contribution in [0.5, 0.6) is 0 Å². The second-order valence-electron chi connectivity index (χ2n) is 7.75. The Labute approximate surface area is 105 Å². The summed E-state index contributed by atoms with van der Waals surface area (Å²) in [5.74, 6) is 0.678. The van der Waals surface area contributed by atoms with Crippen molar-refractivity contribution in [3.8, 4) is 0 Å². The summed E-state index contributed by atoms with van der Waals surface area (Å²) in [4.78, 5) is 12.0. The molecule has 0 aromatic heterocycles. The summed E-state index contributed by atoms with van der Waals surface area (Å²) >= 11 is 0. The van der Waals surface area contributed by atoms with Gasteiger partial charge in [0.15, 0.2) is 0 Å². The largest absolute Gasteiger partial charge is 0.461 e. The molecule has 2 heteroatoms. The topological polar surface area (TPSA) is 26.3 Å². The number of ether oxygens (including phenoxy) is 1. The van der Waals surface area contributed by atoms with E-state index >= 15 is 0 Å². The Morgan fingerprint density at radius 1 is 1.24 bits per heavy atom. The molecular formula is C15H26O2. The van der Waals surface area contributed by atoms with Crippen molar-refractivity contribution in [1.82, 2.24) is 0 Å². The van der Waals surface area contributed by atoms with E-state index in [0.717, 1.165) is 12.3 Å². The number of hydrogen-bond acceptors (Lipinski definition) is 2. The lowest BCUT2D eigenvalue weighted by molar-refractivity contribution is -0.166. The Hall–Kier alpha value is -0.530. The van der Waals surface area contributed by atoms with Crippen molar-refractivity contribution in [3.05, 3.63) is 0 Å². The van der Waals surface area contributed by atoms with Gasteiger partial charge in [-0.25, -0.2) is 0 Å². The van der Waals surface area contributed by atoms with Crippen molar-refractivity contribution in [2.75, 3.05) is 0 Å². The fraction of sp³-hybridized carbons (Fsp3) is 0.933. The fourth-order valence-electron chi connectivity index (χ4n) is 3.61. The predicted octanol–water partition coefficient (Wildman–Crippen LogP) is 3.79. The van der Waals surface area contributed by atoms with Gasteiger partial charge in [-0.05, 0) is 51.4 Å². The Morgan fingerprint density at radius 3 is 2.18 bits per heavy atom. The average molecular weight is 238 g/mol. The smallest absolute Gasteiger partial charge is 0.311 e. The molecule has 2 fully saturated rings. The van der Waals surface area contributed by atoms with E-state index in [0.29, 0.717) is 5.41 Å². The fourth-order valence-corrected chi connectivity index (χ4v) is 3.61. The molecule has 0 aromatic rings. The summed E-state index contributed by atoms with van der Waals surface area (Å²) < 4.78 is 5.81. The number of hydrogen-bond donors (Lipinski definition) is 0. The molecule has 0 saturated heterocycles. The molecular weight excluding hydrogens is 212 g/mol. The lowest BCUT2D eigenvalue weighted by Crippen LogP contribution is -2.40. The second kappa shape index (κ2) is 3.49. The van der Waals surface area contributed by atoms with Gasteiger partial charge in [0.1, 0.15) is 6.10 Å². The highest BCUT2D eigenvalue weighted by molar-refractivity contribution is 5.75. The molecule has 2 bridgehead atoms. The molecule has 0 aliphatic heterocycles. The average Bonchev–Trinajstić information content (AvgIpc) is 2.49. The van der Waals surface area contributed by atoms with Gasteiger partial charge in [-0.3, -0.25) is 4.79 Å². The third-order valence-electron chi connectivity index (χ3n) is 5.58. The number of carbonyl (C=O) groups is 1. The van der Waals surface area contributed by atoms with Gasteiger partial charge in [-0.2, -0.15) is 0 Å². The van der Waals surface area contributed by atoms with Crippen LogP contribution in [0.25, 0.3) is 0 Å². The van der Waals surface area contributed by atoms with Crippen LogP contribution >= 0.6 is 0 Å². The maximum Gasteiger partial charge on any atom is 0.311 e. The van der Waals surface area contributed by atoms with E-state index in [1.807, 2.05) is 20.8 Å². The predicted molar refractivity (Wildman–Crippen MR) is 68.6 cm³/mol. The van der Waals surface area contributed by atoms with E-state index in [4.69, 9.17) is 4.74 Å². The number of rotatable bonds is 1. The van der Waals surface area contributed by atoms with Gasteiger partial charge in [-0.15, -0.1) is 0 Å². The van der Waals surface area contributed by atoms with Crippen molar-refractivity contribution in [1.29, 1.82) is 0 Å². The van der Waals surface area contributed by atoms with Gasteiger partial charge in [0.2, 0.25) is 0 Å². The van der Waals surface area contributed by atoms with E-state index in [1.54, 1.807) is 0 Å². The third kappa shape index (κ3) is 1.71. The first-order chi connectivity index (χ1) is 7.59. The van der Waals surface area contributed by atoms with E-state index < -0.39 is 0 Å². The summed E-state index contributed by atoms with van der Waals surface area (Å²) in [5, 5.41) is 0. The number of carbonyl (C=O) groups excluding carboxylic acids is 1. The first-order valence-corrected chi connectivity index (χ1v) is 6.80. The highest BCUT2D eigenvalue weighted by Gasteiger charge is 2.63. The van der Waals surface area contributed by atoms with E-state index in [-0.39, 0.29) is 22.9 Å². The summed E-state index contributed by atoms with van der Waals surface area (Å²) in [6.07, 6.45) is 3.69. The molecule has 98 valence electrons. The van der Waals surface area contributed by atoms with Crippen LogP contribution in [0.2, 0.25) is 0 Å². The minimum absolute atomic E-state index is 0.0490. The van der Waals surface area contributed by atoms with Gasteiger partial charge >= 0.3 is 5.97 Å². The van der Waals surface area contributed by atoms with Crippen LogP contribution in [0.1, 0.15) is 60.8 Å². The first-order valence-electron chi connectivity index (χ1n) is 6.80. The minimum atomic E-state index is -0.387. The van der Waals surface area contributed by atoms with Gasteiger partial charge in [0.25, 0.3) is 0 Å². The van der Waals surface area contributed by atoms with Gasteiger partial charge < -0.3 is 4.74 Å². The zero-order valence-corrected chi connectivity index (χ0v) is 12.1. The molecule has 0 radical (unpaired) electrons. The van der Waals surface area contributed by atoms with Crippen molar-refractivity contribution >= 4 is 5.97 Å². The molecule has 17 heavy (non-hydrogen) atoms. The van der Waals surface area contributed by atoms with Crippen LogP contribution < -0.4 is 0 Å². The number of fused-ring (bicyclic) bond motifs is 2. The van der Waals surface area contributed by atoms with Crippen LogP contribution in [0.3, 0.4) is 0 Å². The summed E-state index contributed by atoms with van der Waals surface area (Å²) in [7, 11) is 0. The Kier molecular flexibility index (Phi) is 2.65. The van der Waals surface area contributed by atoms with E-state index in [9.17, 15) is 4.79 Å². The third-order valence-corrected chi connectivity index (χ3v) is 5.58. The van der Waals surface area contributed by atoms with E-state index in [2.05, 4.69) is 20.8 Å². The van der Waals surface area contributed by atoms with Crippen molar-refractivity contribution in [2.24, 2.45) is 22.2 Å². The van der Waals surface area contributed by atoms with Crippen LogP contribution in [0, 0.1) is 22.2 Å². The zero-order valence-electron chi connectivity index (χ0n) is 12.1. The minimum Gasteiger partial charge on any atom is -0.461 e. The van der Waals surface area contributed by atoms with Gasteiger partial charge in [0, 0.05) is 5.41 Å². The molecule has 0 spiro atoms. The molecule has 1 unspecified atom stereocenters. The quantitative estimate of drug-likeness (QED) is 0.650. The molecule has 3 atom stereocenters. The summed E-state index contributed by atoms with van der Waals surface area (Å²) in [6, 6.07) is 0. The molecule has 2 nitrogen and oxygen atoms in total.